The minimum atomic E-state index is -1.28. The fourth-order valence-corrected chi connectivity index (χ4v) is 2.42. The van der Waals surface area contributed by atoms with Crippen molar-refractivity contribution in [3.63, 3.8) is 0 Å². The zero-order valence-corrected chi connectivity index (χ0v) is 12.4. The van der Waals surface area contributed by atoms with Crippen LogP contribution in [0.25, 0.3) is 0 Å². The Kier molecular flexibility index (Phi) is 8.30. The van der Waals surface area contributed by atoms with Gasteiger partial charge in [0, 0.05) is 6.42 Å². The van der Waals surface area contributed by atoms with Crippen LogP contribution >= 0.6 is 0 Å². The lowest BCUT2D eigenvalue weighted by atomic mass is 10.3. The van der Waals surface area contributed by atoms with Gasteiger partial charge in [-0.2, -0.15) is 0 Å². The predicted molar refractivity (Wildman–Crippen MR) is 74.8 cm³/mol. The third-order valence-corrected chi connectivity index (χ3v) is 3.11. The molecule has 94 valence electrons. The third kappa shape index (κ3) is 9.99. The van der Waals surface area contributed by atoms with Gasteiger partial charge >= 0.3 is 0 Å². The quantitative estimate of drug-likeness (QED) is 0.300. The van der Waals surface area contributed by atoms with E-state index in [2.05, 4.69) is 50.6 Å². The summed E-state index contributed by atoms with van der Waals surface area (Å²) in [6, 6.07) is 0. The number of hydrogen-bond donors (Lipinski definition) is 1. The first-order valence-corrected chi connectivity index (χ1v) is 9.72. The SMILES string of the molecule is CC/C=C/CC(N[Si](C)(C)C)O/C=C/CC. The highest BCUT2D eigenvalue weighted by molar-refractivity contribution is 6.73. The summed E-state index contributed by atoms with van der Waals surface area (Å²) in [6.07, 6.45) is 11.4. The second kappa shape index (κ2) is 8.59. The van der Waals surface area contributed by atoms with Gasteiger partial charge in [0.15, 0.2) is 0 Å². The van der Waals surface area contributed by atoms with E-state index in [-0.39, 0.29) is 6.23 Å². The molecule has 1 unspecified atom stereocenters. The van der Waals surface area contributed by atoms with Gasteiger partial charge in [0.05, 0.1) is 6.26 Å². The van der Waals surface area contributed by atoms with Gasteiger partial charge in [-0.15, -0.1) is 0 Å². The molecular weight excluding hydrogens is 214 g/mol. The number of allylic oxidation sites excluding steroid dienone is 2. The smallest absolute Gasteiger partial charge is 0.146 e. The lowest BCUT2D eigenvalue weighted by Gasteiger charge is -2.25. The first-order chi connectivity index (χ1) is 7.49. The molecule has 0 fully saturated rings. The highest BCUT2D eigenvalue weighted by Gasteiger charge is 2.18. The Balaban J connectivity index is 4.15. The number of rotatable bonds is 8. The first kappa shape index (κ1) is 15.5. The van der Waals surface area contributed by atoms with Gasteiger partial charge in [0.1, 0.15) is 14.5 Å². The monoisotopic (exact) mass is 241 g/mol. The van der Waals surface area contributed by atoms with Crippen molar-refractivity contribution < 1.29 is 4.74 Å². The van der Waals surface area contributed by atoms with E-state index in [0.717, 1.165) is 19.3 Å². The van der Waals surface area contributed by atoms with Crippen molar-refractivity contribution in [3.05, 3.63) is 24.5 Å². The molecule has 0 heterocycles. The van der Waals surface area contributed by atoms with Crippen molar-refractivity contribution in [2.45, 2.75) is 59.0 Å². The Hall–Kier alpha value is -0.543. The van der Waals surface area contributed by atoms with Crippen LogP contribution in [0.2, 0.25) is 19.6 Å². The van der Waals surface area contributed by atoms with Crippen molar-refractivity contribution >= 4 is 8.24 Å². The molecule has 3 heteroatoms. The normalized spacial score (nSPS) is 14.8. The van der Waals surface area contributed by atoms with Crippen molar-refractivity contribution in [3.8, 4) is 0 Å². The lowest BCUT2D eigenvalue weighted by molar-refractivity contribution is 0.134. The van der Waals surface area contributed by atoms with Gasteiger partial charge in [-0.3, -0.25) is 0 Å². The summed E-state index contributed by atoms with van der Waals surface area (Å²) >= 11 is 0. The van der Waals surface area contributed by atoms with Crippen LogP contribution in [0.15, 0.2) is 24.5 Å². The average Bonchev–Trinajstić information content (AvgIpc) is 2.16. The fraction of sp³-hybridized carbons (Fsp3) is 0.692. The topological polar surface area (TPSA) is 21.3 Å². The molecule has 0 saturated carbocycles. The fourth-order valence-electron chi connectivity index (χ4n) is 1.26. The largest absolute Gasteiger partial charge is 0.484 e. The van der Waals surface area contributed by atoms with Gasteiger partial charge < -0.3 is 9.72 Å². The van der Waals surface area contributed by atoms with Crippen LogP contribution in [-0.4, -0.2) is 14.5 Å². The molecule has 0 aromatic carbocycles. The molecule has 16 heavy (non-hydrogen) atoms. The van der Waals surface area contributed by atoms with E-state index >= 15 is 0 Å². The highest BCUT2D eigenvalue weighted by atomic mass is 28.3. The van der Waals surface area contributed by atoms with Crippen LogP contribution in [0.5, 0.6) is 0 Å². The van der Waals surface area contributed by atoms with E-state index in [1.807, 2.05) is 12.3 Å². The summed E-state index contributed by atoms with van der Waals surface area (Å²) in [5, 5.41) is 0. The van der Waals surface area contributed by atoms with Crippen LogP contribution in [0.1, 0.15) is 33.1 Å². The molecule has 1 atom stereocenters. The molecular formula is C13H27NOSi. The molecule has 0 bridgehead atoms. The predicted octanol–water partition coefficient (Wildman–Crippen LogP) is 4.03. The van der Waals surface area contributed by atoms with E-state index in [1.54, 1.807) is 0 Å². The molecule has 0 aromatic heterocycles. The zero-order valence-electron chi connectivity index (χ0n) is 11.4. The molecule has 0 aromatic rings. The Morgan fingerprint density at radius 2 is 1.69 bits per heavy atom. The van der Waals surface area contributed by atoms with Crippen LogP contribution in [0.3, 0.4) is 0 Å². The maximum absolute atomic E-state index is 5.70. The maximum atomic E-state index is 5.70. The second-order valence-corrected chi connectivity index (χ2v) is 9.70. The van der Waals surface area contributed by atoms with Gasteiger partial charge in [0.25, 0.3) is 0 Å². The average molecular weight is 241 g/mol. The Morgan fingerprint density at radius 1 is 1.06 bits per heavy atom. The van der Waals surface area contributed by atoms with Crippen LogP contribution in [0.4, 0.5) is 0 Å². The third-order valence-electron chi connectivity index (χ3n) is 1.92. The van der Waals surface area contributed by atoms with Crippen LogP contribution in [0, 0.1) is 0 Å². The first-order valence-electron chi connectivity index (χ1n) is 6.22. The molecule has 0 aliphatic rings. The zero-order chi connectivity index (χ0) is 12.4. The molecule has 0 aliphatic heterocycles. The van der Waals surface area contributed by atoms with Crippen LogP contribution in [-0.2, 0) is 4.74 Å². The minimum absolute atomic E-state index is 0.122. The molecule has 0 radical (unpaired) electrons. The molecule has 2 nitrogen and oxygen atoms in total. The number of nitrogens with one attached hydrogen (secondary N) is 1. The molecule has 1 N–H and O–H groups in total. The van der Waals surface area contributed by atoms with Crippen molar-refractivity contribution in [2.75, 3.05) is 0 Å². The number of ether oxygens (including phenoxy) is 1. The summed E-state index contributed by atoms with van der Waals surface area (Å²) in [5.74, 6) is 0. The van der Waals surface area contributed by atoms with Crippen molar-refractivity contribution in [2.24, 2.45) is 0 Å². The second-order valence-electron chi connectivity index (χ2n) is 4.91. The molecule has 0 saturated heterocycles. The van der Waals surface area contributed by atoms with Gasteiger partial charge in [-0.25, -0.2) is 0 Å². The van der Waals surface area contributed by atoms with E-state index in [9.17, 15) is 0 Å². The molecule has 0 spiro atoms. The minimum Gasteiger partial charge on any atom is -0.484 e. The van der Waals surface area contributed by atoms with Gasteiger partial charge in [-0.1, -0.05) is 51.7 Å². The Labute approximate surface area is 102 Å². The maximum Gasteiger partial charge on any atom is 0.146 e. The standard InChI is InChI=1S/C13H27NOSi/c1-6-8-10-11-13(14-16(3,4)5)15-12-9-7-2/h8-10,12-14H,6-7,11H2,1-5H3/b10-8+,12-9+. The lowest BCUT2D eigenvalue weighted by Crippen LogP contribution is -2.48. The molecule has 0 aliphatic carbocycles. The van der Waals surface area contributed by atoms with Gasteiger partial charge in [-0.05, 0) is 12.8 Å². The van der Waals surface area contributed by atoms with Gasteiger partial charge in [0.2, 0.25) is 0 Å². The summed E-state index contributed by atoms with van der Waals surface area (Å²) in [5.41, 5.74) is 0. The van der Waals surface area contributed by atoms with E-state index in [0.29, 0.717) is 0 Å². The summed E-state index contributed by atoms with van der Waals surface area (Å²) < 4.78 is 5.70. The van der Waals surface area contributed by atoms with Crippen molar-refractivity contribution in [1.29, 1.82) is 0 Å². The van der Waals surface area contributed by atoms with Crippen molar-refractivity contribution in [1.82, 2.24) is 4.98 Å². The molecule has 0 amide bonds. The summed E-state index contributed by atoms with van der Waals surface area (Å²) in [4.78, 5) is 3.59. The van der Waals surface area contributed by atoms with E-state index in [4.69, 9.17) is 4.74 Å². The summed E-state index contributed by atoms with van der Waals surface area (Å²) in [6.45, 7) is 11.1. The summed E-state index contributed by atoms with van der Waals surface area (Å²) in [7, 11) is -1.28. The Morgan fingerprint density at radius 3 is 2.19 bits per heavy atom. The molecule has 0 rings (SSSR count). The van der Waals surface area contributed by atoms with E-state index < -0.39 is 8.24 Å². The van der Waals surface area contributed by atoms with Crippen LogP contribution < -0.4 is 4.98 Å². The highest BCUT2D eigenvalue weighted by Crippen LogP contribution is 2.04. The Bertz CT molecular complexity index is 202. The van der Waals surface area contributed by atoms with E-state index in [1.165, 1.54) is 0 Å². The number of hydrogen-bond acceptors (Lipinski definition) is 2.